The Morgan fingerprint density at radius 2 is 2.00 bits per heavy atom. The SMILES string of the molecule is CCCN(CC(=O)Nc1ccccc1OC)C(=O)/C=C/c1ccc(C)o1. The lowest BCUT2D eigenvalue weighted by Crippen LogP contribution is -2.37. The van der Waals surface area contributed by atoms with Crippen molar-refractivity contribution >= 4 is 23.6 Å². The predicted octanol–water partition coefficient (Wildman–Crippen LogP) is 3.49. The van der Waals surface area contributed by atoms with E-state index in [2.05, 4.69) is 5.32 Å². The summed E-state index contributed by atoms with van der Waals surface area (Å²) in [5.74, 6) is 1.43. The van der Waals surface area contributed by atoms with Gasteiger partial charge in [-0.15, -0.1) is 0 Å². The third-order valence-corrected chi connectivity index (χ3v) is 3.67. The van der Waals surface area contributed by atoms with Crippen LogP contribution in [0.5, 0.6) is 5.75 Å². The maximum atomic E-state index is 12.4. The smallest absolute Gasteiger partial charge is 0.247 e. The number of para-hydroxylation sites is 2. The summed E-state index contributed by atoms with van der Waals surface area (Å²) in [6, 6.07) is 10.8. The molecule has 0 spiro atoms. The van der Waals surface area contributed by atoms with Gasteiger partial charge in [-0.2, -0.15) is 0 Å². The van der Waals surface area contributed by atoms with E-state index in [4.69, 9.17) is 9.15 Å². The number of amides is 2. The second-order valence-corrected chi connectivity index (χ2v) is 5.79. The zero-order chi connectivity index (χ0) is 18.9. The molecule has 1 heterocycles. The number of benzene rings is 1. The average molecular weight is 356 g/mol. The summed E-state index contributed by atoms with van der Waals surface area (Å²) in [5, 5.41) is 2.78. The van der Waals surface area contributed by atoms with E-state index < -0.39 is 0 Å². The topological polar surface area (TPSA) is 71.8 Å². The summed E-state index contributed by atoms with van der Waals surface area (Å²) in [6.07, 6.45) is 3.78. The van der Waals surface area contributed by atoms with Gasteiger partial charge in [-0.25, -0.2) is 0 Å². The van der Waals surface area contributed by atoms with Crippen LogP contribution < -0.4 is 10.1 Å². The minimum absolute atomic E-state index is 0.0355. The molecule has 0 aliphatic heterocycles. The lowest BCUT2D eigenvalue weighted by molar-refractivity contribution is -0.130. The summed E-state index contributed by atoms with van der Waals surface area (Å²) < 4.78 is 10.6. The van der Waals surface area contributed by atoms with E-state index in [1.165, 1.54) is 11.0 Å². The van der Waals surface area contributed by atoms with Gasteiger partial charge in [-0.1, -0.05) is 19.1 Å². The molecule has 0 saturated carbocycles. The average Bonchev–Trinajstić information content (AvgIpc) is 3.05. The highest BCUT2D eigenvalue weighted by atomic mass is 16.5. The van der Waals surface area contributed by atoms with E-state index in [-0.39, 0.29) is 18.4 Å². The molecule has 26 heavy (non-hydrogen) atoms. The van der Waals surface area contributed by atoms with Crippen LogP contribution in [0.1, 0.15) is 24.9 Å². The first-order valence-electron chi connectivity index (χ1n) is 8.49. The van der Waals surface area contributed by atoms with Gasteiger partial charge in [0.15, 0.2) is 0 Å². The third-order valence-electron chi connectivity index (χ3n) is 3.67. The molecule has 2 rings (SSSR count). The largest absolute Gasteiger partial charge is 0.495 e. The summed E-state index contributed by atoms with van der Waals surface area (Å²) in [4.78, 5) is 26.3. The first kappa shape index (κ1) is 19.3. The fraction of sp³-hybridized carbons (Fsp3) is 0.300. The Bertz CT molecular complexity index is 780. The van der Waals surface area contributed by atoms with Crippen LogP contribution in [-0.2, 0) is 9.59 Å². The van der Waals surface area contributed by atoms with E-state index in [0.29, 0.717) is 23.7 Å². The van der Waals surface area contributed by atoms with Crippen LogP contribution in [0.3, 0.4) is 0 Å². The van der Waals surface area contributed by atoms with Gasteiger partial charge in [-0.3, -0.25) is 9.59 Å². The number of aryl methyl sites for hydroxylation is 1. The number of hydrogen-bond donors (Lipinski definition) is 1. The van der Waals surface area contributed by atoms with Crippen molar-refractivity contribution in [2.24, 2.45) is 0 Å². The Balaban J connectivity index is 2.00. The monoisotopic (exact) mass is 356 g/mol. The molecule has 1 aromatic carbocycles. The highest BCUT2D eigenvalue weighted by molar-refractivity contribution is 5.98. The number of furan rings is 1. The molecule has 0 fully saturated rings. The van der Waals surface area contributed by atoms with Gasteiger partial charge >= 0.3 is 0 Å². The Hall–Kier alpha value is -3.02. The van der Waals surface area contributed by atoms with Crippen LogP contribution in [0, 0.1) is 6.92 Å². The third kappa shape index (κ3) is 5.51. The van der Waals surface area contributed by atoms with Crippen molar-refractivity contribution in [2.45, 2.75) is 20.3 Å². The first-order valence-corrected chi connectivity index (χ1v) is 8.49. The number of anilines is 1. The van der Waals surface area contributed by atoms with E-state index in [1.807, 2.05) is 26.0 Å². The standard InChI is InChI=1S/C20H24N2O4/c1-4-13-22(20(24)12-11-16-10-9-15(2)26-16)14-19(23)21-17-7-5-6-8-18(17)25-3/h5-12H,4,13-14H2,1-3H3,(H,21,23)/b12-11+. The molecule has 138 valence electrons. The van der Waals surface area contributed by atoms with E-state index >= 15 is 0 Å². The maximum absolute atomic E-state index is 12.4. The molecular formula is C20H24N2O4. The molecule has 6 heteroatoms. The molecule has 0 bridgehead atoms. The number of rotatable bonds is 8. The molecule has 2 aromatic rings. The van der Waals surface area contributed by atoms with Crippen molar-refractivity contribution in [2.75, 3.05) is 25.5 Å². The molecule has 0 radical (unpaired) electrons. The highest BCUT2D eigenvalue weighted by Gasteiger charge is 2.15. The first-order chi connectivity index (χ1) is 12.5. The number of methoxy groups -OCH3 is 1. The quantitative estimate of drug-likeness (QED) is 0.735. The predicted molar refractivity (Wildman–Crippen MR) is 101 cm³/mol. The molecule has 0 aliphatic rings. The van der Waals surface area contributed by atoms with Crippen molar-refractivity contribution in [3.63, 3.8) is 0 Å². The summed E-state index contributed by atoms with van der Waals surface area (Å²) in [5.41, 5.74) is 0.575. The zero-order valence-electron chi connectivity index (χ0n) is 15.3. The normalized spacial score (nSPS) is 10.7. The highest BCUT2D eigenvalue weighted by Crippen LogP contribution is 2.22. The molecule has 0 atom stereocenters. The number of nitrogens with one attached hydrogen (secondary N) is 1. The van der Waals surface area contributed by atoms with Gasteiger partial charge in [0, 0.05) is 12.6 Å². The lowest BCUT2D eigenvalue weighted by atomic mass is 10.3. The van der Waals surface area contributed by atoms with Gasteiger partial charge in [-0.05, 0) is 43.7 Å². The zero-order valence-corrected chi connectivity index (χ0v) is 15.3. The fourth-order valence-electron chi connectivity index (χ4n) is 2.45. The second kappa shape index (κ2) is 9.46. The van der Waals surface area contributed by atoms with E-state index in [9.17, 15) is 9.59 Å². The van der Waals surface area contributed by atoms with Crippen LogP contribution in [0.15, 0.2) is 46.9 Å². The van der Waals surface area contributed by atoms with Crippen molar-refractivity contribution in [1.82, 2.24) is 4.90 Å². The number of ether oxygens (including phenoxy) is 1. The van der Waals surface area contributed by atoms with Crippen LogP contribution in [0.4, 0.5) is 5.69 Å². The Labute approximate surface area is 153 Å². The van der Waals surface area contributed by atoms with Crippen molar-refractivity contribution in [3.05, 3.63) is 54.0 Å². The Morgan fingerprint density at radius 1 is 1.23 bits per heavy atom. The minimum Gasteiger partial charge on any atom is -0.495 e. The Kier molecular flexibility index (Phi) is 7.02. The molecule has 2 amide bonds. The fourth-order valence-corrected chi connectivity index (χ4v) is 2.45. The van der Waals surface area contributed by atoms with Gasteiger partial charge in [0.05, 0.1) is 12.8 Å². The number of carbonyl (C=O) groups excluding carboxylic acids is 2. The van der Waals surface area contributed by atoms with E-state index in [0.717, 1.165) is 12.2 Å². The number of nitrogens with zero attached hydrogens (tertiary/aromatic N) is 1. The molecule has 0 saturated heterocycles. The van der Waals surface area contributed by atoms with Gasteiger partial charge < -0.3 is 19.4 Å². The summed E-state index contributed by atoms with van der Waals surface area (Å²) in [7, 11) is 1.54. The van der Waals surface area contributed by atoms with Crippen LogP contribution >= 0.6 is 0 Å². The van der Waals surface area contributed by atoms with Crippen molar-refractivity contribution in [3.8, 4) is 5.75 Å². The van der Waals surface area contributed by atoms with Gasteiger partial charge in [0.2, 0.25) is 11.8 Å². The molecule has 0 unspecified atom stereocenters. The van der Waals surface area contributed by atoms with Crippen molar-refractivity contribution in [1.29, 1.82) is 0 Å². The number of hydrogen-bond acceptors (Lipinski definition) is 4. The molecule has 0 aliphatic carbocycles. The van der Waals surface area contributed by atoms with Crippen LogP contribution in [0.25, 0.3) is 6.08 Å². The minimum atomic E-state index is -0.279. The van der Waals surface area contributed by atoms with Crippen molar-refractivity contribution < 1.29 is 18.7 Å². The summed E-state index contributed by atoms with van der Waals surface area (Å²) >= 11 is 0. The van der Waals surface area contributed by atoms with E-state index in [1.54, 1.807) is 37.5 Å². The number of carbonyl (C=O) groups is 2. The maximum Gasteiger partial charge on any atom is 0.247 e. The molecule has 1 aromatic heterocycles. The van der Waals surface area contributed by atoms with Crippen LogP contribution in [-0.4, -0.2) is 36.9 Å². The lowest BCUT2D eigenvalue weighted by Gasteiger charge is -2.20. The van der Waals surface area contributed by atoms with Crippen LogP contribution in [0.2, 0.25) is 0 Å². The summed E-state index contributed by atoms with van der Waals surface area (Å²) in [6.45, 7) is 4.24. The van der Waals surface area contributed by atoms with Gasteiger partial charge in [0.25, 0.3) is 0 Å². The molecule has 6 nitrogen and oxygen atoms in total. The molecule has 1 N–H and O–H groups in total. The molecular weight excluding hydrogens is 332 g/mol. The Morgan fingerprint density at radius 3 is 2.65 bits per heavy atom. The van der Waals surface area contributed by atoms with Gasteiger partial charge in [0.1, 0.15) is 23.8 Å². The second-order valence-electron chi connectivity index (χ2n) is 5.79.